The molecule has 0 radical (unpaired) electrons. The first-order valence-electron chi connectivity index (χ1n) is 5.98. The van der Waals surface area contributed by atoms with E-state index in [1.807, 2.05) is 18.2 Å². The summed E-state index contributed by atoms with van der Waals surface area (Å²) in [5.41, 5.74) is 3.88. The van der Waals surface area contributed by atoms with Gasteiger partial charge in [0.2, 0.25) is 0 Å². The minimum absolute atomic E-state index is 1.05. The highest BCUT2D eigenvalue weighted by molar-refractivity contribution is 5.57. The molecule has 0 saturated carbocycles. The van der Waals surface area contributed by atoms with Crippen LogP contribution in [0.25, 0.3) is 12.7 Å². The van der Waals surface area contributed by atoms with Crippen molar-refractivity contribution in [3.8, 4) is 0 Å². The summed E-state index contributed by atoms with van der Waals surface area (Å²) >= 11 is 0. The molecule has 1 aliphatic rings. The topological polar surface area (TPSA) is 0 Å². The lowest BCUT2D eigenvalue weighted by atomic mass is 9.94. The number of hydrogen-bond donors (Lipinski definition) is 0. The van der Waals surface area contributed by atoms with Crippen molar-refractivity contribution >= 4 is 12.7 Å². The Morgan fingerprint density at radius 3 is 2.59 bits per heavy atom. The smallest absolute Gasteiger partial charge is 0.0184 e. The van der Waals surface area contributed by atoms with Crippen molar-refractivity contribution in [3.63, 3.8) is 0 Å². The minimum atomic E-state index is 1.05. The molecule has 0 N–H and O–H groups in total. The molecular weight excluding hydrogens is 204 g/mol. The summed E-state index contributed by atoms with van der Waals surface area (Å²) in [6.07, 6.45) is 8.74. The Balaban J connectivity index is 2.33. The summed E-state index contributed by atoms with van der Waals surface area (Å²) in [4.78, 5) is 0. The molecule has 0 saturated heterocycles. The fourth-order valence-corrected chi connectivity index (χ4v) is 1.96. The summed E-state index contributed by atoms with van der Waals surface area (Å²) in [5, 5.41) is 2.21. The molecule has 0 aliphatic heterocycles. The van der Waals surface area contributed by atoms with E-state index in [1.54, 1.807) is 0 Å². The summed E-state index contributed by atoms with van der Waals surface area (Å²) in [6.45, 7) is 10.4. The molecule has 0 unspecified atom stereocenters. The maximum absolute atomic E-state index is 4.16. The third-order valence-corrected chi connectivity index (χ3v) is 3.15. The fraction of sp³-hybridized carbons (Fsp3) is 0.176. The molecule has 17 heavy (non-hydrogen) atoms. The Kier molecular flexibility index (Phi) is 3.43. The first kappa shape index (κ1) is 11.7. The van der Waals surface area contributed by atoms with Gasteiger partial charge < -0.3 is 0 Å². The Hall–Kier alpha value is -1.82. The van der Waals surface area contributed by atoms with Crippen molar-refractivity contribution in [2.75, 3.05) is 0 Å². The van der Waals surface area contributed by atoms with E-state index in [1.165, 1.54) is 11.1 Å². The molecule has 1 aromatic rings. The standard InChI is InChI=1S/C17H18/c1-13-8-10-16(11-9-13)15(3)12-17-7-5-4-6-14(17)2/h4-8,10,12H,2-3,9,11H2,1H3/b17-12-. The van der Waals surface area contributed by atoms with E-state index in [0.29, 0.717) is 0 Å². The van der Waals surface area contributed by atoms with Crippen LogP contribution in [0.3, 0.4) is 0 Å². The van der Waals surface area contributed by atoms with Crippen molar-refractivity contribution in [2.24, 2.45) is 0 Å². The van der Waals surface area contributed by atoms with Gasteiger partial charge in [-0.15, -0.1) is 0 Å². The van der Waals surface area contributed by atoms with E-state index in [4.69, 9.17) is 0 Å². The Morgan fingerprint density at radius 2 is 1.94 bits per heavy atom. The second kappa shape index (κ2) is 5.01. The van der Waals surface area contributed by atoms with Crippen LogP contribution in [0.2, 0.25) is 0 Å². The molecule has 0 aromatic heterocycles. The highest BCUT2D eigenvalue weighted by Crippen LogP contribution is 2.23. The van der Waals surface area contributed by atoms with Crippen LogP contribution in [-0.4, -0.2) is 0 Å². The van der Waals surface area contributed by atoms with Crippen molar-refractivity contribution in [1.82, 2.24) is 0 Å². The van der Waals surface area contributed by atoms with Crippen molar-refractivity contribution in [3.05, 3.63) is 70.2 Å². The van der Waals surface area contributed by atoms with Gasteiger partial charge in [0.1, 0.15) is 0 Å². The third-order valence-electron chi connectivity index (χ3n) is 3.15. The lowest BCUT2D eigenvalue weighted by Gasteiger charge is -2.12. The number of hydrogen-bond acceptors (Lipinski definition) is 0. The molecule has 0 nitrogen and oxygen atoms in total. The van der Waals surface area contributed by atoms with Crippen LogP contribution in [0.15, 0.2) is 59.7 Å². The first-order chi connectivity index (χ1) is 8.16. The molecular formula is C17H18. The molecule has 1 aliphatic carbocycles. The van der Waals surface area contributed by atoms with Gasteiger partial charge in [-0.1, -0.05) is 55.1 Å². The van der Waals surface area contributed by atoms with Crippen LogP contribution < -0.4 is 10.4 Å². The molecule has 0 amide bonds. The van der Waals surface area contributed by atoms with Gasteiger partial charge in [-0.3, -0.25) is 0 Å². The van der Waals surface area contributed by atoms with Crippen LogP contribution in [0.1, 0.15) is 19.8 Å². The van der Waals surface area contributed by atoms with Gasteiger partial charge in [0.15, 0.2) is 0 Å². The summed E-state index contributed by atoms with van der Waals surface area (Å²) in [5.74, 6) is 0. The molecule has 0 heteroatoms. The Labute approximate surface area is 103 Å². The summed E-state index contributed by atoms with van der Waals surface area (Å²) in [7, 11) is 0. The quantitative estimate of drug-likeness (QED) is 0.721. The number of benzene rings is 1. The van der Waals surface area contributed by atoms with E-state index in [9.17, 15) is 0 Å². The van der Waals surface area contributed by atoms with Crippen LogP contribution in [-0.2, 0) is 0 Å². The zero-order chi connectivity index (χ0) is 12.3. The second-order valence-electron chi connectivity index (χ2n) is 4.57. The lowest BCUT2D eigenvalue weighted by Crippen LogP contribution is -2.22. The largest absolute Gasteiger partial charge is 0.0915 e. The molecule has 0 fully saturated rings. The number of rotatable bonds is 2. The van der Waals surface area contributed by atoms with Gasteiger partial charge in [-0.05, 0) is 47.4 Å². The van der Waals surface area contributed by atoms with E-state index in [0.717, 1.165) is 28.9 Å². The summed E-state index contributed by atoms with van der Waals surface area (Å²) in [6, 6.07) is 8.15. The van der Waals surface area contributed by atoms with E-state index in [-0.39, 0.29) is 0 Å². The molecule has 86 valence electrons. The predicted molar refractivity (Wildman–Crippen MR) is 75.9 cm³/mol. The maximum Gasteiger partial charge on any atom is -0.0184 e. The zero-order valence-corrected chi connectivity index (χ0v) is 10.4. The van der Waals surface area contributed by atoms with E-state index >= 15 is 0 Å². The van der Waals surface area contributed by atoms with Crippen LogP contribution in [0.4, 0.5) is 0 Å². The van der Waals surface area contributed by atoms with E-state index < -0.39 is 0 Å². The lowest BCUT2D eigenvalue weighted by molar-refractivity contribution is 0.922. The van der Waals surface area contributed by atoms with Crippen molar-refractivity contribution in [1.29, 1.82) is 0 Å². The molecule has 0 spiro atoms. The molecule has 2 rings (SSSR count). The van der Waals surface area contributed by atoms with Gasteiger partial charge in [0.25, 0.3) is 0 Å². The molecule has 0 bridgehead atoms. The molecule has 0 heterocycles. The third kappa shape index (κ3) is 2.85. The Morgan fingerprint density at radius 1 is 1.18 bits per heavy atom. The fourth-order valence-electron chi connectivity index (χ4n) is 1.96. The molecule has 0 atom stereocenters. The highest BCUT2D eigenvalue weighted by atomic mass is 14.1. The normalized spacial score (nSPS) is 16.4. The van der Waals surface area contributed by atoms with Crippen molar-refractivity contribution < 1.29 is 0 Å². The maximum atomic E-state index is 4.16. The predicted octanol–water partition coefficient (Wildman–Crippen LogP) is 3.10. The minimum Gasteiger partial charge on any atom is -0.0915 e. The average Bonchev–Trinajstić information content (AvgIpc) is 2.33. The van der Waals surface area contributed by atoms with Gasteiger partial charge in [-0.2, -0.15) is 0 Å². The van der Waals surface area contributed by atoms with E-state index in [2.05, 4.69) is 44.4 Å². The average molecular weight is 222 g/mol. The highest BCUT2D eigenvalue weighted by Gasteiger charge is 2.04. The second-order valence-corrected chi connectivity index (χ2v) is 4.57. The zero-order valence-electron chi connectivity index (χ0n) is 10.4. The first-order valence-corrected chi connectivity index (χ1v) is 5.98. The monoisotopic (exact) mass is 222 g/mol. The van der Waals surface area contributed by atoms with Crippen molar-refractivity contribution in [2.45, 2.75) is 19.8 Å². The van der Waals surface area contributed by atoms with Gasteiger partial charge in [0.05, 0.1) is 0 Å². The van der Waals surface area contributed by atoms with Gasteiger partial charge in [-0.25, -0.2) is 0 Å². The SMILES string of the molecule is C=C(/C=c1/ccccc1=C)C1=CC=C(C)CC1. The van der Waals surface area contributed by atoms with Crippen LogP contribution in [0.5, 0.6) is 0 Å². The Bertz CT molecular complexity index is 597. The van der Waals surface area contributed by atoms with Gasteiger partial charge in [0, 0.05) is 0 Å². The summed E-state index contributed by atoms with van der Waals surface area (Å²) < 4.78 is 0. The van der Waals surface area contributed by atoms with Gasteiger partial charge >= 0.3 is 0 Å². The van der Waals surface area contributed by atoms with Crippen LogP contribution >= 0.6 is 0 Å². The van der Waals surface area contributed by atoms with Crippen LogP contribution in [0, 0.1) is 0 Å². The number of allylic oxidation sites excluding steroid dienone is 5. The molecule has 1 aromatic carbocycles.